The van der Waals surface area contributed by atoms with Gasteiger partial charge in [0, 0.05) is 25.0 Å². The van der Waals surface area contributed by atoms with Gasteiger partial charge < -0.3 is 10.5 Å². The van der Waals surface area contributed by atoms with E-state index >= 15 is 0 Å². The van der Waals surface area contributed by atoms with E-state index in [9.17, 15) is 0 Å². The molecule has 2 heterocycles. The van der Waals surface area contributed by atoms with Crippen molar-refractivity contribution < 1.29 is 4.74 Å². The zero-order valence-corrected chi connectivity index (χ0v) is 8.93. The SMILES string of the molecule is NC(CCC1CCCO1)c1ccncc1. The van der Waals surface area contributed by atoms with E-state index in [1.54, 1.807) is 12.4 Å². The Bertz CT molecular complexity index is 283. The standard InChI is InChI=1S/C12H18N2O/c13-12(10-5-7-14-8-6-10)4-3-11-2-1-9-15-11/h5-8,11-12H,1-4,9,13H2. The third-order valence-corrected chi connectivity index (χ3v) is 2.96. The molecular formula is C12H18N2O. The average Bonchev–Trinajstić information content (AvgIpc) is 2.80. The van der Waals surface area contributed by atoms with Crippen LogP contribution in [-0.4, -0.2) is 17.7 Å². The second-order valence-electron chi connectivity index (χ2n) is 4.10. The molecule has 1 aromatic rings. The Balaban J connectivity index is 1.79. The molecule has 3 heteroatoms. The van der Waals surface area contributed by atoms with Crippen LogP contribution in [0.2, 0.25) is 0 Å². The zero-order valence-electron chi connectivity index (χ0n) is 8.93. The summed E-state index contributed by atoms with van der Waals surface area (Å²) in [6, 6.07) is 4.09. The lowest BCUT2D eigenvalue weighted by Crippen LogP contribution is -2.14. The topological polar surface area (TPSA) is 48.1 Å². The Kier molecular flexibility index (Phi) is 3.69. The number of aromatic nitrogens is 1. The van der Waals surface area contributed by atoms with Gasteiger partial charge in [0.25, 0.3) is 0 Å². The van der Waals surface area contributed by atoms with Crippen molar-refractivity contribution in [3.8, 4) is 0 Å². The van der Waals surface area contributed by atoms with E-state index in [2.05, 4.69) is 4.98 Å². The Labute approximate surface area is 90.7 Å². The molecule has 15 heavy (non-hydrogen) atoms. The first-order valence-corrected chi connectivity index (χ1v) is 5.63. The van der Waals surface area contributed by atoms with Gasteiger partial charge in [-0.3, -0.25) is 4.98 Å². The number of pyridine rings is 1. The number of nitrogens with zero attached hydrogens (tertiary/aromatic N) is 1. The van der Waals surface area contributed by atoms with Crippen molar-refractivity contribution in [2.45, 2.75) is 37.8 Å². The number of ether oxygens (including phenoxy) is 1. The van der Waals surface area contributed by atoms with Gasteiger partial charge in [-0.15, -0.1) is 0 Å². The first kappa shape index (κ1) is 10.6. The molecule has 1 aliphatic rings. The van der Waals surface area contributed by atoms with Gasteiger partial charge in [0.05, 0.1) is 6.10 Å². The molecule has 2 N–H and O–H groups in total. The Morgan fingerprint density at radius 1 is 1.47 bits per heavy atom. The molecule has 2 atom stereocenters. The lowest BCUT2D eigenvalue weighted by Gasteiger charge is -2.14. The van der Waals surface area contributed by atoms with Crippen LogP contribution in [0.25, 0.3) is 0 Å². The summed E-state index contributed by atoms with van der Waals surface area (Å²) in [4.78, 5) is 3.99. The Hall–Kier alpha value is -0.930. The molecule has 0 aromatic carbocycles. The molecule has 0 saturated carbocycles. The van der Waals surface area contributed by atoms with Crippen molar-refractivity contribution in [1.29, 1.82) is 0 Å². The normalized spacial score (nSPS) is 22.9. The summed E-state index contributed by atoms with van der Waals surface area (Å²) in [5.41, 5.74) is 7.26. The highest BCUT2D eigenvalue weighted by molar-refractivity contribution is 5.14. The van der Waals surface area contributed by atoms with Gasteiger partial charge in [0.1, 0.15) is 0 Å². The predicted octanol–water partition coefficient (Wildman–Crippen LogP) is 2.04. The number of rotatable bonds is 4. The van der Waals surface area contributed by atoms with Crippen molar-refractivity contribution in [2.24, 2.45) is 5.73 Å². The molecule has 0 amide bonds. The fourth-order valence-electron chi connectivity index (χ4n) is 2.01. The number of hydrogen-bond donors (Lipinski definition) is 1. The van der Waals surface area contributed by atoms with Crippen LogP contribution in [0.15, 0.2) is 24.5 Å². The van der Waals surface area contributed by atoms with Crippen LogP contribution in [0.4, 0.5) is 0 Å². The first-order chi connectivity index (χ1) is 7.36. The molecule has 1 saturated heterocycles. The molecule has 2 unspecified atom stereocenters. The predicted molar refractivity (Wildman–Crippen MR) is 59.4 cm³/mol. The van der Waals surface area contributed by atoms with Gasteiger partial charge in [-0.25, -0.2) is 0 Å². The van der Waals surface area contributed by atoms with E-state index in [4.69, 9.17) is 10.5 Å². The molecule has 3 nitrogen and oxygen atoms in total. The summed E-state index contributed by atoms with van der Waals surface area (Å²) >= 11 is 0. The largest absolute Gasteiger partial charge is 0.378 e. The van der Waals surface area contributed by atoms with Crippen molar-refractivity contribution in [2.75, 3.05) is 6.61 Å². The highest BCUT2D eigenvalue weighted by Crippen LogP contribution is 2.21. The van der Waals surface area contributed by atoms with E-state index < -0.39 is 0 Å². The third-order valence-electron chi connectivity index (χ3n) is 2.96. The fourth-order valence-corrected chi connectivity index (χ4v) is 2.01. The van der Waals surface area contributed by atoms with Crippen LogP contribution in [-0.2, 0) is 4.74 Å². The molecule has 1 fully saturated rings. The molecule has 82 valence electrons. The summed E-state index contributed by atoms with van der Waals surface area (Å²) in [6.07, 6.45) is 8.50. The van der Waals surface area contributed by atoms with Gasteiger partial charge >= 0.3 is 0 Å². The van der Waals surface area contributed by atoms with Crippen molar-refractivity contribution in [3.05, 3.63) is 30.1 Å². The summed E-state index contributed by atoms with van der Waals surface area (Å²) in [5.74, 6) is 0. The molecule has 0 radical (unpaired) electrons. The minimum absolute atomic E-state index is 0.122. The summed E-state index contributed by atoms with van der Waals surface area (Å²) < 4.78 is 5.57. The minimum Gasteiger partial charge on any atom is -0.378 e. The number of hydrogen-bond acceptors (Lipinski definition) is 3. The molecule has 2 rings (SSSR count). The maximum absolute atomic E-state index is 6.09. The minimum atomic E-state index is 0.122. The van der Waals surface area contributed by atoms with Gasteiger partial charge in [0.2, 0.25) is 0 Å². The van der Waals surface area contributed by atoms with Crippen LogP contribution >= 0.6 is 0 Å². The maximum Gasteiger partial charge on any atom is 0.0576 e. The third kappa shape index (κ3) is 3.01. The highest BCUT2D eigenvalue weighted by atomic mass is 16.5. The van der Waals surface area contributed by atoms with Crippen LogP contribution < -0.4 is 5.73 Å². The van der Waals surface area contributed by atoms with Crippen LogP contribution in [0.5, 0.6) is 0 Å². The van der Waals surface area contributed by atoms with Crippen molar-refractivity contribution in [3.63, 3.8) is 0 Å². The molecule has 0 aliphatic carbocycles. The molecule has 1 aromatic heterocycles. The summed E-state index contributed by atoms with van der Waals surface area (Å²) in [5, 5.41) is 0. The second kappa shape index (κ2) is 5.24. The summed E-state index contributed by atoms with van der Waals surface area (Å²) in [6.45, 7) is 0.926. The lowest BCUT2D eigenvalue weighted by atomic mass is 10.0. The first-order valence-electron chi connectivity index (χ1n) is 5.63. The molecule has 0 spiro atoms. The van der Waals surface area contributed by atoms with Crippen molar-refractivity contribution >= 4 is 0 Å². The van der Waals surface area contributed by atoms with E-state index in [1.807, 2.05) is 12.1 Å². The monoisotopic (exact) mass is 206 g/mol. The van der Waals surface area contributed by atoms with Crippen LogP contribution in [0.3, 0.4) is 0 Å². The van der Waals surface area contributed by atoms with Gasteiger partial charge in [0.15, 0.2) is 0 Å². The maximum atomic E-state index is 6.09. The highest BCUT2D eigenvalue weighted by Gasteiger charge is 2.16. The molecule has 0 bridgehead atoms. The fraction of sp³-hybridized carbons (Fsp3) is 0.583. The van der Waals surface area contributed by atoms with Gasteiger partial charge in [-0.1, -0.05) is 0 Å². The van der Waals surface area contributed by atoms with Gasteiger partial charge in [-0.2, -0.15) is 0 Å². The van der Waals surface area contributed by atoms with Gasteiger partial charge in [-0.05, 0) is 43.4 Å². The Morgan fingerprint density at radius 2 is 2.27 bits per heavy atom. The van der Waals surface area contributed by atoms with E-state index in [1.165, 1.54) is 18.4 Å². The lowest BCUT2D eigenvalue weighted by molar-refractivity contribution is 0.101. The Morgan fingerprint density at radius 3 is 2.93 bits per heavy atom. The smallest absolute Gasteiger partial charge is 0.0576 e. The number of nitrogens with two attached hydrogens (primary N) is 1. The van der Waals surface area contributed by atoms with E-state index in [0.29, 0.717) is 6.10 Å². The van der Waals surface area contributed by atoms with Crippen LogP contribution in [0.1, 0.15) is 37.3 Å². The molecule has 1 aliphatic heterocycles. The average molecular weight is 206 g/mol. The van der Waals surface area contributed by atoms with E-state index in [-0.39, 0.29) is 6.04 Å². The van der Waals surface area contributed by atoms with Crippen molar-refractivity contribution in [1.82, 2.24) is 4.98 Å². The zero-order chi connectivity index (χ0) is 10.5. The molecular weight excluding hydrogens is 188 g/mol. The van der Waals surface area contributed by atoms with E-state index in [0.717, 1.165) is 19.4 Å². The second-order valence-corrected chi connectivity index (χ2v) is 4.10. The quantitative estimate of drug-likeness (QED) is 0.820. The summed E-state index contributed by atoms with van der Waals surface area (Å²) in [7, 11) is 0. The van der Waals surface area contributed by atoms with Crippen LogP contribution in [0, 0.1) is 0 Å².